The van der Waals surface area contributed by atoms with Gasteiger partial charge in [-0.25, -0.2) is 4.98 Å². The summed E-state index contributed by atoms with van der Waals surface area (Å²) in [5, 5.41) is 6.47. The van der Waals surface area contributed by atoms with Gasteiger partial charge >= 0.3 is 0 Å². The molecule has 0 bridgehead atoms. The van der Waals surface area contributed by atoms with Crippen LogP contribution in [0, 0.1) is 0 Å². The summed E-state index contributed by atoms with van der Waals surface area (Å²) < 4.78 is 5.37. The molecule has 0 unspecified atom stereocenters. The molecule has 0 saturated heterocycles. The van der Waals surface area contributed by atoms with Crippen LogP contribution < -0.4 is 16.4 Å². The number of amides is 1. The van der Waals surface area contributed by atoms with E-state index in [9.17, 15) is 4.79 Å². The third kappa shape index (κ3) is 4.30. The predicted molar refractivity (Wildman–Crippen MR) is 86.0 cm³/mol. The van der Waals surface area contributed by atoms with Crippen LogP contribution in [0.3, 0.4) is 0 Å². The van der Waals surface area contributed by atoms with Crippen molar-refractivity contribution in [2.75, 3.05) is 17.7 Å². The minimum absolute atomic E-state index is 0.151. The molecule has 1 aliphatic rings. The molecule has 22 heavy (non-hydrogen) atoms. The van der Waals surface area contributed by atoms with E-state index in [1.165, 1.54) is 6.20 Å². The molecule has 7 heteroatoms. The van der Waals surface area contributed by atoms with Gasteiger partial charge in [0.2, 0.25) is 5.95 Å². The van der Waals surface area contributed by atoms with Crippen LogP contribution in [0.1, 0.15) is 49.9 Å². The van der Waals surface area contributed by atoms with E-state index in [1.807, 2.05) is 13.8 Å². The van der Waals surface area contributed by atoms with Crippen LogP contribution in [0.2, 0.25) is 0 Å². The average molecular weight is 307 g/mol. The summed E-state index contributed by atoms with van der Waals surface area (Å²) in [6.45, 7) is 3.96. The maximum absolute atomic E-state index is 11.4. The Morgan fingerprint density at radius 1 is 1.36 bits per heavy atom. The van der Waals surface area contributed by atoms with Gasteiger partial charge < -0.3 is 21.1 Å². The largest absolute Gasteiger partial charge is 0.381 e. The number of ether oxygens (including phenoxy) is 1. The maximum Gasteiger partial charge on any atom is 0.254 e. The topological polar surface area (TPSA) is 102 Å². The molecule has 2 rings (SSSR count). The van der Waals surface area contributed by atoms with E-state index in [2.05, 4.69) is 20.6 Å². The van der Waals surface area contributed by atoms with Crippen LogP contribution in [0.4, 0.5) is 11.8 Å². The normalized spacial score (nSPS) is 21.6. The summed E-state index contributed by atoms with van der Waals surface area (Å²) >= 11 is 0. The molecule has 0 atom stereocenters. The number of nitrogens with one attached hydrogen (secondary N) is 2. The molecule has 1 amide bonds. The first-order valence-electron chi connectivity index (χ1n) is 7.72. The standard InChI is InChI=1S/C15H25N5O2/c1-9(2)18-14-12(13(16)21)8-17-15(20-14)19-10-4-6-11(22-3)7-5-10/h8-11H,4-7H2,1-3H3,(H2,16,21)(H2,17,18,19,20). The van der Waals surface area contributed by atoms with Gasteiger partial charge in [-0.1, -0.05) is 0 Å². The number of nitrogens with two attached hydrogens (primary N) is 1. The molecule has 1 aromatic heterocycles. The highest BCUT2D eigenvalue weighted by Crippen LogP contribution is 2.23. The van der Waals surface area contributed by atoms with Gasteiger partial charge in [0.25, 0.3) is 5.91 Å². The minimum atomic E-state index is -0.532. The molecule has 1 aliphatic carbocycles. The molecule has 0 aromatic carbocycles. The Labute approximate surface area is 131 Å². The van der Waals surface area contributed by atoms with Gasteiger partial charge in [0, 0.05) is 25.4 Å². The van der Waals surface area contributed by atoms with E-state index in [0.29, 0.717) is 29.5 Å². The fourth-order valence-electron chi connectivity index (χ4n) is 2.64. The number of anilines is 2. The predicted octanol–water partition coefficient (Wildman–Crippen LogP) is 1.77. The molecule has 1 saturated carbocycles. The average Bonchev–Trinajstić information content (AvgIpc) is 2.47. The Kier molecular flexibility index (Phi) is 5.54. The lowest BCUT2D eigenvalue weighted by Gasteiger charge is -2.28. The zero-order valence-corrected chi connectivity index (χ0v) is 13.4. The lowest BCUT2D eigenvalue weighted by Crippen LogP contribution is -2.30. The van der Waals surface area contributed by atoms with Crippen LogP contribution in [0.15, 0.2) is 6.20 Å². The van der Waals surface area contributed by atoms with Crippen molar-refractivity contribution in [3.63, 3.8) is 0 Å². The number of nitrogens with zero attached hydrogens (tertiary/aromatic N) is 2. The van der Waals surface area contributed by atoms with Crippen molar-refractivity contribution < 1.29 is 9.53 Å². The molecule has 0 radical (unpaired) electrons. The maximum atomic E-state index is 11.4. The molecular weight excluding hydrogens is 282 g/mol. The van der Waals surface area contributed by atoms with Crippen molar-refractivity contribution >= 4 is 17.7 Å². The van der Waals surface area contributed by atoms with Crippen molar-refractivity contribution in [3.8, 4) is 0 Å². The molecule has 122 valence electrons. The van der Waals surface area contributed by atoms with Gasteiger partial charge in [0.15, 0.2) is 0 Å². The van der Waals surface area contributed by atoms with E-state index in [-0.39, 0.29) is 6.04 Å². The number of methoxy groups -OCH3 is 1. The first kappa shape index (κ1) is 16.5. The smallest absolute Gasteiger partial charge is 0.254 e. The minimum Gasteiger partial charge on any atom is -0.381 e. The van der Waals surface area contributed by atoms with Gasteiger partial charge in [-0.2, -0.15) is 4.98 Å². The van der Waals surface area contributed by atoms with Crippen LogP contribution in [-0.4, -0.2) is 41.2 Å². The highest BCUT2D eigenvalue weighted by molar-refractivity contribution is 5.97. The molecule has 1 heterocycles. The Balaban J connectivity index is 2.07. The Morgan fingerprint density at radius 2 is 2.05 bits per heavy atom. The second-order valence-corrected chi connectivity index (χ2v) is 5.97. The number of primary amides is 1. The summed E-state index contributed by atoms with van der Waals surface area (Å²) in [5.74, 6) is 0.467. The number of carbonyl (C=O) groups is 1. The SMILES string of the molecule is COC1CCC(Nc2ncc(C(N)=O)c(NC(C)C)n2)CC1. The van der Waals surface area contributed by atoms with Gasteiger partial charge in [-0.05, 0) is 39.5 Å². The summed E-state index contributed by atoms with van der Waals surface area (Å²) in [6, 6.07) is 0.482. The Hall–Kier alpha value is -1.89. The highest BCUT2D eigenvalue weighted by atomic mass is 16.5. The second kappa shape index (κ2) is 7.40. The Morgan fingerprint density at radius 3 is 2.59 bits per heavy atom. The number of aromatic nitrogens is 2. The lowest BCUT2D eigenvalue weighted by atomic mass is 9.93. The van der Waals surface area contributed by atoms with Crippen molar-refractivity contribution in [2.45, 2.75) is 57.7 Å². The third-order valence-corrected chi connectivity index (χ3v) is 3.82. The zero-order chi connectivity index (χ0) is 16.1. The van der Waals surface area contributed by atoms with Gasteiger partial charge in [0.1, 0.15) is 5.82 Å². The number of hydrogen-bond donors (Lipinski definition) is 3. The molecule has 4 N–H and O–H groups in total. The summed E-state index contributed by atoms with van der Waals surface area (Å²) in [7, 11) is 1.76. The van der Waals surface area contributed by atoms with Crippen molar-refractivity contribution in [2.24, 2.45) is 5.73 Å². The first-order chi connectivity index (χ1) is 10.5. The molecule has 0 spiro atoms. The van der Waals surface area contributed by atoms with Gasteiger partial charge in [-0.3, -0.25) is 4.79 Å². The zero-order valence-electron chi connectivity index (χ0n) is 13.4. The van der Waals surface area contributed by atoms with Gasteiger partial charge in [0.05, 0.1) is 11.7 Å². The number of carbonyl (C=O) groups excluding carboxylic acids is 1. The van der Waals surface area contributed by atoms with Crippen LogP contribution in [-0.2, 0) is 4.74 Å². The van der Waals surface area contributed by atoms with E-state index in [4.69, 9.17) is 10.5 Å². The van der Waals surface area contributed by atoms with Crippen molar-refractivity contribution in [1.82, 2.24) is 9.97 Å². The number of hydrogen-bond acceptors (Lipinski definition) is 6. The summed E-state index contributed by atoms with van der Waals surface area (Å²) in [5.41, 5.74) is 5.67. The monoisotopic (exact) mass is 307 g/mol. The Bertz CT molecular complexity index is 513. The highest BCUT2D eigenvalue weighted by Gasteiger charge is 2.22. The molecule has 0 aliphatic heterocycles. The van der Waals surface area contributed by atoms with Crippen LogP contribution in [0.5, 0.6) is 0 Å². The summed E-state index contributed by atoms with van der Waals surface area (Å²) in [6.07, 6.45) is 5.94. The van der Waals surface area contributed by atoms with E-state index in [0.717, 1.165) is 25.7 Å². The summed E-state index contributed by atoms with van der Waals surface area (Å²) in [4.78, 5) is 20.1. The fourth-order valence-corrected chi connectivity index (χ4v) is 2.64. The van der Waals surface area contributed by atoms with Crippen molar-refractivity contribution in [3.05, 3.63) is 11.8 Å². The first-order valence-corrected chi connectivity index (χ1v) is 7.72. The molecule has 1 aromatic rings. The van der Waals surface area contributed by atoms with Crippen molar-refractivity contribution in [1.29, 1.82) is 0 Å². The second-order valence-electron chi connectivity index (χ2n) is 5.97. The van der Waals surface area contributed by atoms with E-state index < -0.39 is 5.91 Å². The molecular formula is C15H25N5O2. The van der Waals surface area contributed by atoms with Crippen LogP contribution in [0.25, 0.3) is 0 Å². The lowest BCUT2D eigenvalue weighted by molar-refractivity contribution is 0.0681. The van der Waals surface area contributed by atoms with E-state index in [1.54, 1.807) is 7.11 Å². The van der Waals surface area contributed by atoms with E-state index >= 15 is 0 Å². The number of rotatable bonds is 6. The fraction of sp³-hybridized carbons (Fsp3) is 0.667. The molecule has 1 fully saturated rings. The van der Waals surface area contributed by atoms with Crippen LogP contribution >= 0.6 is 0 Å². The molecule has 7 nitrogen and oxygen atoms in total. The quantitative estimate of drug-likeness (QED) is 0.740. The third-order valence-electron chi connectivity index (χ3n) is 3.82. The van der Waals surface area contributed by atoms with Gasteiger partial charge in [-0.15, -0.1) is 0 Å².